The Kier molecular flexibility index (Phi) is 1.71. The van der Waals surface area contributed by atoms with Gasteiger partial charge in [-0.3, -0.25) is 0 Å². The first kappa shape index (κ1) is 7.27. The molecule has 1 heterocycles. The first-order chi connectivity index (χ1) is 5.29. The predicted octanol–water partition coefficient (Wildman–Crippen LogP) is -0.300. The molecule has 1 fully saturated rings. The van der Waals surface area contributed by atoms with Gasteiger partial charge in [-0.15, -0.1) is 11.3 Å². The van der Waals surface area contributed by atoms with Gasteiger partial charge in [0, 0.05) is 5.92 Å². The van der Waals surface area contributed by atoms with Gasteiger partial charge in [0.05, 0.1) is 16.0 Å². The Morgan fingerprint density at radius 2 is 2.27 bits per heavy atom. The first-order valence-electron chi connectivity index (χ1n) is 3.58. The van der Waals surface area contributed by atoms with Crippen molar-refractivity contribution in [3.8, 4) is 0 Å². The van der Waals surface area contributed by atoms with Crippen molar-refractivity contribution in [3.63, 3.8) is 0 Å². The highest BCUT2D eigenvalue weighted by Crippen LogP contribution is 2.38. The van der Waals surface area contributed by atoms with Crippen molar-refractivity contribution in [3.05, 3.63) is 11.2 Å². The van der Waals surface area contributed by atoms with Crippen LogP contribution in [0.25, 0.3) is 0 Å². The Morgan fingerprint density at radius 1 is 1.55 bits per heavy atom. The smallest absolute Gasteiger partial charge is 0.423 e. The third-order valence-corrected chi connectivity index (χ3v) is 2.71. The summed E-state index contributed by atoms with van der Waals surface area (Å²) in [7, 11) is -1.34. The lowest BCUT2D eigenvalue weighted by molar-refractivity contribution is 0.426. The molecule has 0 amide bonds. The molecule has 0 aliphatic heterocycles. The fourth-order valence-electron chi connectivity index (χ4n) is 1.12. The summed E-state index contributed by atoms with van der Waals surface area (Å²) in [5.74, 6) is 0.498. The second kappa shape index (κ2) is 2.58. The molecule has 1 saturated carbocycles. The van der Waals surface area contributed by atoms with Crippen LogP contribution in [0.4, 0.5) is 0 Å². The molecule has 0 saturated heterocycles. The molecule has 1 aliphatic rings. The Morgan fingerprint density at radius 3 is 2.82 bits per heavy atom. The molecule has 0 aromatic carbocycles. The van der Waals surface area contributed by atoms with Gasteiger partial charge >= 0.3 is 7.12 Å². The third-order valence-electron chi connectivity index (χ3n) is 1.82. The summed E-state index contributed by atoms with van der Waals surface area (Å²) in [4.78, 5) is 4.10. The maximum Gasteiger partial charge on any atom is 0.501 e. The number of nitrogens with zero attached hydrogens (tertiary/aromatic N) is 1. The predicted molar refractivity (Wildman–Crippen MR) is 43.9 cm³/mol. The van der Waals surface area contributed by atoms with E-state index in [4.69, 9.17) is 10.0 Å². The summed E-state index contributed by atoms with van der Waals surface area (Å²) in [6, 6.07) is 0. The van der Waals surface area contributed by atoms with Gasteiger partial charge in [-0.05, 0) is 12.8 Å². The van der Waals surface area contributed by atoms with E-state index < -0.39 is 7.12 Å². The zero-order valence-electron chi connectivity index (χ0n) is 5.90. The van der Waals surface area contributed by atoms with E-state index in [1.807, 2.05) is 0 Å². The van der Waals surface area contributed by atoms with Crippen molar-refractivity contribution in [2.75, 3.05) is 0 Å². The average molecular weight is 169 g/mol. The van der Waals surface area contributed by atoms with Crippen LogP contribution < -0.4 is 4.78 Å². The molecular formula is C6H8BNO2S. The maximum absolute atomic E-state index is 8.90. The molecule has 5 heteroatoms. The van der Waals surface area contributed by atoms with Gasteiger partial charge in [0.25, 0.3) is 0 Å². The van der Waals surface area contributed by atoms with Gasteiger partial charge in [-0.1, -0.05) is 0 Å². The van der Waals surface area contributed by atoms with E-state index in [1.54, 1.807) is 5.51 Å². The number of rotatable bonds is 2. The Hall–Kier alpha value is -0.385. The van der Waals surface area contributed by atoms with Gasteiger partial charge in [0.15, 0.2) is 0 Å². The number of hydrogen-bond donors (Lipinski definition) is 2. The molecule has 1 aromatic heterocycles. The van der Waals surface area contributed by atoms with Crippen LogP contribution in [0.1, 0.15) is 24.5 Å². The highest BCUT2D eigenvalue weighted by Gasteiger charge is 2.31. The van der Waals surface area contributed by atoms with E-state index in [9.17, 15) is 0 Å². The summed E-state index contributed by atoms with van der Waals surface area (Å²) >= 11 is 1.31. The highest BCUT2D eigenvalue weighted by molar-refractivity contribution is 7.20. The Bertz CT molecular complexity index is 242. The lowest BCUT2D eigenvalue weighted by atomic mass is 9.87. The van der Waals surface area contributed by atoms with Crippen molar-refractivity contribution in [1.29, 1.82) is 0 Å². The molecule has 2 N–H and O–H groups in total. The Labute approximate surface area is 68.9 Å². The third kappa shape index (κ3) is 1.31. The molecule has 58 valence electrons. The minimum atomic E-state index is -1.34. The largest absolute Gasteiger partial charge is 0.501 e. The van der Waals surface area contributed by atoms with Crippen molar-refractivity contribution in [2.45, 2.75) is 18.8 Å². The molecule has 2 rings (SSSR count). The molecule has 0 bridgehead atoms. The van der Waals surface area contributed by atoms with Gasteiger partial charge in [0.1, 0.15) is 0 Å². The molecule has 0 spiro atoms. The molecule has 0 atom stereocenters. The van der Waals surface area contributed by atoms with Crippen LogP contribution in [-0.4, -0.2) is 22.2 Å². The normalized spacial score (nSPS) is 16.9. The summed E-state index contributed by atoms with van der Waals surface area (Å²) < 4.78 is 0.618. The fourth-order valence-corrected chi connectivity index (χ4v) is 1.86. The summed E-state index contributed by atoms with van der Waals surface area (Å²) in [6.07, 6.45) is 2.28. The second-order valence-electron chi connectivity index (χ2n) is 2.75. The van der Waals surface area contributed by atoms with Crippen molar-refractivity contribution >= 4 is 23.2 Å². The molecule has 11 heavy (non-hydrogen) atoms. The van der Waals surface area contributed by atoms with E-state index in [2.05, 4.69) is 4.98 Å². The second-order valence-corrected chi connectivity index (χ2v) is 3.64. The summed E-state index contributed by atoms with van der Waals surface area (Å²) in [5, 5.41) is 17.8. The van der Waals surface area contributed by atoms with Gasteiger partial charge in [-0.25, -0.2) is 4.98 Å². The molecule has 0 radical (unpaired) electrons. The molecular weight excluding hydrogens is 161 g/mol. The maximum atomic E-state index is 8.90. The van der Waals surface area contributed by atoms with Crippen molar-refractivity contribution < 1.29 is 10.0 Å². The van der Waals surface area contributed by atoms with Gasteiger partial charge in [-0.2, -0.15) is 0 Å². The molecule has 1 aromatic rings. The van der Waals surface area contributed by atoms with Crippen LogP contribution in [0.5, 0.6) is 0 Å². The fraction of sp³-hybridized carbons (Fsp3) is 0.500. The monoisotopic (exact) mass is 169 g/mol. The zero-order chi connectivity index (χ0) is 7.84. The number of thiazole rings is 1. The SMILES string of the molecule is OB(O)c1scnc1C1CC1. The highest BCUT2D eigenvalue weighted by atomic mass is 32.1. The lowest BCUT2D eigenvalue weighted by Gasteiger charge is -1.96. The minimum absolute atomic E-state index is 0.498. The molecule has 3 nitrogen and oxygen atoms in total. The summed E-state index contributed by atoms with van der Waals surface area (Å²) in [5.41, 5.74) is 2.56. The van der Waals surface area contributed by atoms with Gasteiger partial charge < -0.3 is 10.0 Å². The van der Waals surface area contributed by atoms with Crippen molar-refractivity contribution in [2.24, 2.45) is 0 Å². The first-order valence-corrected chi connectivity index (χ1v) is 4.46. The van der Waals surface area contributed by atoms with E-state index in [0.29, 0.717) is 10.7 Å². The number of hydrogen-bond acceptors (Lipinski definition) is 4. The van der Waals surface area contributed by atoms with Crippen LogP contribution >= 0.6 is 11.3 Å². The van der Waals surface area contributed by atoms with E-state index in [0.717, 1.165) is 18.5 Å². The zero-order valence-corrected chi connectivity index (χ0v) is 6.71. The molecule has 0 unspecified atom stereocenters. The van der Waals surface area contributed by atoms with Crippen LogP contribution in [-0.2, 0) is 0 Å². The topological polar surface area (TPSA) is 53.4 Å². The van der Waals surface area contributed by atoms with Crippen LogP contribution in [0.3, 0.4) is 0 Å². The van der Waals surface area contributed by atoms with Crippen LogP contribution in [0.2, 0.25) is 0 Å². The Balaban J connectivity index is 2.30. The van der Waals surface area contributed by atoms with E-state index in [1.165, 1.54) is 11.3 Å². The van der Waals surface area contributed by atoms with E-state index in [-0.39, 0.29) is 0 Å². The van der Waals surface area contributed by atoms with Crippen molar-refractivity contribution in [1.82, 2.24) is 4.98 Å². The average Bonchev–Trinajstić information content (AvgIpc) is 2.68. The summed E-state index contributed by atoms with van der Waals surface area (Å²) in [6.45, 7) is 0. The minimum Gasteiger partial charge on any atom is -0.423 e. The number of aromatic nitrogens is 1. The lowest BCUT2D eigenvalue weighted by Crippen LogP contribution is -2.29. The van der Waals surface area contributed by atoms with Gasteiger partial charge in [0.2, 0.25) is 0 Å². The van der Waals surface area contributed by atoms with Crippen LogP contribution in [0.15, 0.2) is 5.51 Å². The quantitative estimate of drug-likeness (QED) is 0.597. The standard InChI is InChI=1S/C6H8BNO2S/c9-7(10)6-5(4-1-2-4)8-3-11-6/h3-4,9-10H,1-2H2. The molecule has 1 aliphatic carbocycles. The van der Waals surface area contributed by atoms with Crippen LogP contribution in [0, 0.1) is 0 Å². The van der Waals surface area contributed by atoms with E-state index >= 15 is 0 Å².